The Hall–Kier alpha value is -9.76. The van der Waals surface area contributed by atoms with Crippen LogP contribution in [0, 0.1) is 0 Å². The zero-order valence-corrected chi connectivity index (χ0v) is 41.4. The number of hydrogen-bond acceptors (Lipinski definition) is 2. The largest absolute Gasteiger partial charge is 0.310 e. The Labute approximate surface area is 438 Å². The Balaban J connectivity index is 1.03. The van der Waals surface area contributed by atoms with Gasteiger partial charge in [-0.1, -0.05) is 207 Å². The van der Waals surface area contributed by atoms with E-state index in [1.54, 1.807) is 0 Å². The molecule has 14 rings (SSSR count). The van der Waals surface area contributed by atoms with Crippen molar-refractivity contribution in [2.24, 2.45) is 0 Å². The summed E-state index contributed by atoms with van der Waals surface area (Å²) in [5.74, 6) is 0. The third-order valence-corrected chi connectivity index (χ3v) is 15.7. The minimum atomic E-state index is -0.610. The summed E-state index contributed by atoms with van der Waals surface area (Å²) < 4.78 is 0. The Bertz CT molecular complexity index is 4240. The number of rotatable bonds is 10. The second-order valence-electron chi connectivity index (χ2n) is 19.7. The van der Waals surface area contributed by atoms with Crippen LogP contribution in [0.4, 0.5) is 34.1 Å². The first-order valence-corrected chi connectivity index (χ1v) is 25.8. The van der Waals surface area contributed by atoms with Gasteiger partial charge in [-0.25, -0.2) is 0 Å². The van der Waals surface area contributed by atoms with Crippen LogP contribution in [0.15, 0.2) is 292 Å². The topological polar surface area (TPSA) is 6.48 Å². The van der Waals surface area contributed by atoms with Gasteiger partial charge in [0, 0.05) is 34.1 Å². The van der Waals surface area contributed by atoms with E-state index in [1.165, 1.54) is 88.0 Å². The second-order valence-corrected chi connectivity index (χ2v) is 19.7. The van der Waals surface area contributed by atoms with Crippen molar-refractivity contribution in [3.05, 3.63) is 320 Å². The van der Waals surface area contributed by atoms with Crippen molar-refractivity contribution in [1.29, 1.82) is 0 Å². The molecule has 12 aromatic carbocycles. The van der Waals surface area contributed by atoms with E-state index in [1.807, 2.05) is 18.2 Å². The molecule has 0 aliphatic heterocycles. The summed E-state index contributed by atoms with van der Waals surface area (Å²) in [4.78, 5) is 4.78. The minimum Gasteiger partial charge on any atom is -0.310 e. The van der Waals surface area contributed by atoms with Gasteiger partial charge in [0.1, 0.15) is 0 Å². The van der Waals surface area contributed by atoms with Crippen LogP contribution in [-0.2, 0) is 5.41 Å². The van der Waals surface area contributed by atoms with E-state index in [0.717, 1.165) is 45.3 Å². The molecule has 12 aromatic rings. The molecule has 352 valence electrons. The maximum atomic E-state index is 4.13. The summed E-state index contributed by atoms with van der Waals surface area (Å²) in [5, 5.41) is 7.35. The average Bonchev–Trinajstić information content (AvgIpc) is 4.14. The minimum absolute atomic E-state index is 0.610. The smallest absolute Gasteiger partial charge is 0.0731 e. The molecule has 0 atom stereocenters. The molecule has 0 radical (unpaired) electrons. The van der Waals surface area contributed by atoms with Crippen LogP contribution in [0.1, 0.15) is 27.8 Å². The Morgan fingerprint density at radius 1 is 0.347 bits per heavy atom. The first kappa shape index (κ1) is 44.0. The number of hydrogen-bond donors (Lipinski definition) is 0. The molecule has 0 aromatic heterocycles. The van der Waals surface area contributed by atoms with E-state index in [-0.39, 0.29) is 0 Å². The number of allylic oxidation sites excluding steroid dienone is 4. The van der Waals surface area contributed by atoms with Crippen molar-refractivity contribution < 1.29 is 0 Å². The van der Waals surface area contributed by atoms with Crippen molar-refractivity contribution in [2.75, 3.05) is 9.80 Å². The fourth-order valence-corrected chi connectivity index (χ4v) is 12.6. The maximum Gasteiger partial charge on any atom is 0.0731 e. The predicted octanol–water partition coefficient (Wildman–Crippen LogP) is 19.9. The first-order valence-electron chi connectivity index (χ1n) is 25.8. The van der Waals surface area contributed by atoms with Crippen molar-refractivity contribution in [3.63, 3.8) is 0 Å². The van der Waals surface area contributed by atoms with Gasteiger partial charge in [-0.05, 0) is 184 Å². The van der Waals surface area contributed by atoms with E-state index in [4.69, 9.17) is 0 Å². The molecule has 0 heterocycles. The molecular weight excluding hydrogens is 905 g/mol. The lowest BCUT2D eigenvalue weighted by molar-refractivity contribution is 0.803. The summed E-state index contributed by atoms with van der Waals surface area (Å²) >= 11 is 0. The summed E-state index contributed by atoms with van der Waals surface area (Å²) in [7, 11) is 0. The van der Waals surface area contributed by atoms with Gasteiger partial charge in [-0.15, -0.1) is 0 Å². The molecule has 75 heavy (non-hydrogen) atoms. The van der Waals surface area contributed by atoms with Crippen molar-refractivity contribution in [2.45, 2.75) is 5.41 Å². The van der Waals surface area contributed by atoms with Crippen LogP contribution in [0.5, 0.6) is 0 Å². The van der Waals surface area contributed by atoms with Gasteiger partial charge < -0.3 is 9.80 Å². The van der Waals surface area contributed by atoms with E-state index < -0.39 is 5.41 Å². The lowest BCUT2D eigenvalue weighted by Gasteiger charge is -2.32. The molecule has 0 N–H and O–H groups in total. The lowest BCUT2D eigenvalue weighted by atomic mass is 9.69. The second kappa shape index (κ2) is 17.8. The highest BCUT2D eigenvalue weighted by molar-refractivity contribution is 6.21. The Morgan fingerprint density at radius 2 is 0.893 bits per heavy atom. The molecule has 0 unspecified atom stereocenters. The SMILES string of the molecule is C=C/C=C(\C=C)c1cccc(N(c2ccccc2)c2ccc3cc4c(cc3c2)C2(c3ccccc3-c3ccccc32)c2c-4c3ccccc3c3cc(N(c4ccccc4)c4cccc(-c5ccccc5)c4)ccc23)c1. The van der Waals surface area contributed by atoms with Gasteiger partial charge in [-0.3, -0.25) is 0 Å². The highest BCUT2D eigenvalue weighted by Crippen LogP contribution is 2.66. The molecule has 0 saturated carbocycles. The molecule has 1 spiro atoms. The normalized spacial score (nSPS) is 12.8. The average molecular weight is 955 g/mol. The zero-order chi connectivity index (χ0) is 50.0. The van der Waals surface area contributed by atoms with E-state index >= 15 is 0 Å². The molecule has 0 bridgehead atoms. The predicted molar refractivity (Wildman–Crippen MR) is 318 cm³/mol. The summed E-state index contributed by atoms with van der Waals surface area (Å²) in [6.45, 7) is 8.11. The van der Waals surface area contributed by atoms with Gasteiger partial charge >= 0.3 is 0 Å². The van der Waals surface area contributed by atoms with Crippen LogP contribution in [0.2, 0.25) is 0 Å². The Kier molecular flexibility index (Phi) is 10.4. The van der Waals surface area contributed by atoms with E-state index in [0.29, 0.717) is 0 Å². The number of nitrogens with zero attached hydrogens (tertiary/aromatic N) is 2. The molecular formula is C73H50N2. The zero-order valence-electron chi connectivity index (χ0n) is 41.4. The van der Waals surface area contributed by atoms with Crippen molar-refractivity contribution in [1.82, 2.24) is 0 Å². The first-order chi connectivity index (χ1) is 37.1. The van der Waals surface area contributed by atoms with Crippen LogP contribution < -0.4 is 9.80 Å². The van der Waals surface area contributed by atoms with Crippen molar-refractivity contribution in [3.8, 4) is 33.4 Å². The molecule has 2 nitrogen and oxygen atoms in total. The molecule has 2 heteroatoms. The summed E-state index contributed by atoms with van der Waals surface area (Å²) in [6.07, 6.45) is 5.73. The fraction of sp³-hybridized carbons (Fsp3) is 0.0137. The highest BCUT2D eigenvalue weighted by Gasteiger charge is 2.53. The van der Waals surface area contributed by atoms with Crippen LogP contribution in [0.25, 0.3) is 71.3 Å². The van der Waals surface area contributed by atoms with Crippen molar-refractivity contribution >= 4 is 72.0 Å². The summed E-state index contributed by atoms with van der Waals surface area (Å²) in [5.41, 5.74) is 20.8. The fourth-order valence-electron chi connectivity index (χ4n) is 12.6. The van der Waals surface area contributed by atoms with Gasteiger partial charge in [0.15, 0.2) is 0 Å². The number of benzene rings is 12. The standard InChI is InChI=1S/C73H50N2/c1-3-22-49(4-2)51-25-20-31-57(43-51)74(55-27-10-6-11-28-55)59-40-39-53-46-67-70(47-54(53)45-59)73(68-37-18-16-34-62(68)63-35-17-19-38-69(63)73)72-65-42-41-60(48-66(65)61-33-14-15-36-64(61)71(67)72)75(56-29-12-7-13-30-56)58-32-21-26-52(44-58)50-23-8-5-9-24-50/h3-48H,1-2H2/b49-22+. The van der Waals surface area contributed by atoms with Gasteiger partial charge in [-0.2, -0.15) is 0 Å². The summed E-state index contributed by atoms with van der Waals surface area (Å²) in [6, 6.07) is 96.4. The molecule has 2 aliphatic rings. The Morgan fingerprint density at radius 3 is 1.57 bits per heavy atom. The van der Waals surface area contributed by atoms with Gasteiger partial charge in [0.25, 0.3) is 0 Å². The molecule has 0 saturated heterocycles. The monoisotopic (exact) mass is 954 g/mol. The molecule has 0 amide bonds. The number of anilines is 6. The third kappa shape index (κ3) is 6.88. The van der Waals surface area contributed by atoms with E-state index in [2.05, 4.69) is 284 Å². The molecule has 0 fully saturated rings. The third-order valence-electron chi connectivity index (χ3n) is 15.7. The van der Waals surface area contributed by atoms with E-state index in [9.17, 15) is 0 Å². The van der Waals surface area contributed by atoms with Crippen LogP contribution >= 0.6 is 0 Å². The quantitative estimate of drug-likeness (QED) is 0.0995. The lowest BCUT2D eigenvalue weighted by Crippen LogP contribution is -2.26. The number of para-hydroxylation sites is 2. The number of fused-ring (bicyclic) bond motifs is 16. The van der Waals surface area contributed by atoms with Crippen LogP contribution in [-0.4, -0.2) is 0 Å². The van der Waals surface area contributed by atoms with Gasteiger partial charge in [0.2, 0.25) is 0 Å². The highest BCUT2D eigenvalue weighted by atomic mass is 15.1. The molecule has 2 aliphatic carbocycles. The maximum absolute atomic E-state index is 4.13. The van der Waals surface area contributed by atoms with Crippen LogP contribution in [0.3, 0.4) is 0 Å². The van der Waals surface area contributed by atoms with Gasteiger partial charge in [0.05, 0.1) is 5.41 Å².